The lowest BCUT2D eigenvalue weighted by molar-refractivity contribution is 0.0688. The summed E-state index contributed by atoms with van der Waals surface area (Å²) in [7, 11) is 0. The fraction of sp³-hybridized carbons (Fsp3) is 0. The molecule has 0 bridgehead atoms. The molecule has 2 rings (SSSR count). The highest BCUT2D eigenvalue weighted by atomic mass is 19.1. The molecule has 0 aliphatic rings. The van der Waals surface area contributed by atoms with Crippen molar-refractivity contribution in [3.63, 3.8) is 0 Å². The second-order valence-electron chi connectivity index (χ2n) is 3.09. The van der Waals surface area contributed by atoms with Crippen LogP contribution in [0.3, 0.4) is 0 Å². The Morgan fingerprint density at radius 1 is 1.35 bits per heavy atom. The van der Waals surface area contributed by atoms with Gasteiger partial charge in [-0.05, 0) is 12.1 Å². The van der Waals surface area contributed by atoms with Crippen molar-refractivity contribution in [1.29, 1.82) is 0 Å². The molecule has 0 aliphatic heterocycles. The van der Waals surface area contributed by atoms with Gasteiger partial charge in [-0.3, -0.25) is 9.36 Å². The Morgan fingerprint density at radius 2 is 2.12 bits per heavy atom. The number of carboxylic acid groups (broad SMARTS) is 1. The molecule has 0 fully saturated rings. The number of hydrogen-bond donors (Lipinski definition) is 1. The number of hydrogen-bond acceptors (Lipinski definition) is 4. The summed E-state index contributed by atoms with van der Waals surface area (Å²) in [5, 5.41) is 8.72. The van der Waals surface area contributed by atoms with Crippen LogP contribution < -0.4 is 5.56 Å². The van der Waals surface area contributed by atoms with E-state index in [1.54, 1.807) is 0 Å². The van der Waals surface area contributed by atoms with Crippen LogP contribution in [0, 0.1) is 5.82 Å². The Balaban J connectivity index is 2.61. The van der Waals surface area contributed by atoms with Gasteiger partial charge in [0.15, 0.2) is 0 Å². The molecular weight excluding hydrogens is 229 g/mol. The molecule has 1 N–H and O–H groups in total. The molecule has 0 amide bonds. The van der Waals surface area contributed by atoms with Crippen LogP contribution in [0.15, 0.2) is 35.5 Å². The summed E-state index contributed by atoms with van der Waals surface area (Å²) in [5.41, 5.74) is -1.43. The van der Waals surface area contributed by atoms with Gasteiger partial charge in [-0.25, -0.2) is 19.2 Å². The van der Waals surface area contributed by atoms with Crippen molar-refractivity contribution in [3.05, 3.63) is 52.6 Å². The van der Waals surface area contributed by atoms with Crippen LogP contribution in [0.5, 0.6) is 0 Å². The Labute approximate surface area is 94.0 Å². The zero-order valence-electron chi connectivity index (χ0n) is 8.37. The lowest BCUT2D eigenvalue weighted by Gasteiger charge is -2.04. The van der Waals surface area contributed by atoms with Gasteiger partial charge < -0.3 is 5.11 Å². The van der Waals surface area contributed by atoms with Crippen molar-refractivity contribution >= 4 is 5.97 Å². The standard InChI is InChI=1S/C10H6FN3O3/c11-6-1-2-7(13-5-6)14-4-3-12-8(9(14)15)10(16)17/h1-5H,(H,16,17). The first-order valence-corrected chi connectivity index (χ1v) is 4.52. The van der Waals surface area contributed by atoms with Crippen molar-refractivity contribution in [2.24, 2.45) is 0 Å². The summed E-state index contributed by atoms with van der Waals surface area (Å²) in [4.78, 5) is 29.5. The molecular formula is C10H6FN3O3. The van der Waals surface area contributed by atoms with E-state index in [-0.39, 0.29) is 5.82 Å². The Kier molecular flexibility index (Phi) is 2.65. The van der Waals surface area contributed by atoms with E-state index in [9.17, 15) is 14.0 Å². The quantitative estimate of drug-likeness (QED) is 0.817. The number of pyridine rings is 1. The monoisotopic (exact) mass is 235 g/mol. The van der Waals surface area contributed by atoms with E-state index in [4.69, 9.17) is 5.11 Å². The summed E-state index contributed by atoms with van der Waals surface area (Å²) >= 11 is 0. The number of rotatable bonds is 2. The van der Waals surface area contributed by atoms with Crippen LogP contribution in [0.4, 0.5) is 4.39 Å². The molecule has 0 saturated heterocycles. The van der Waals surface area contributed by atoms with Gasteiger partial charge in [0.2, 0.25) is 5.69 Å². The highest BCUT2D eigenvalue weighted by Gasteiger charge is 2.13. The molecule has 0 aromatic carbocycles. The maximum absolute atomic E-state index is 12.7. The van der Waals surface area contributed by atoms with Crippen LogP contribution in [0.1, 0.15) is 10.5 Å². The predicted octanol–water partition coefficient (Wildman–Crippen LogP) is 0.465. The number of carboxylic acids is 1. The lowest BCUT2D eigenvalue weighted by atomic mass is 10.4. The Morgan fingerprint density at radius 3 is 2.71 bits per heavy atom. The van der Waals surface area contributed by atoms with Gasteiger partial charge in [0.05, 0.1) is 6.20 Å². The molecule has 6 nitrogen and oxygen atoms in total. The first-order valence-electron chi connectivity index (χ1n) is 4.52. The second kappa shape index (κ2) is 4.12. The highest BCUT2D eigenvalue weighted by molar-refractivity contribution is 5.84. The van der Waals surface area contributed by atoms with E-state index >= 15 is 0 Å². The third-order valence-electron chi connectivity index (χ3n) is 2.00. The number of aromatic carboxylic acids is 1. The summed E-state index contributed by atoms with van der Waals surface area (Å²) in [6, 6.07) is 2.39. The van der Waals surface area contributed by atoms with Gasteiger partial charge in [0.1, 0.15) is 11.6 Å². The van der Waals surface area contributed by atoms with Crippen LogP contribution in [0.2, 0.25) is 0 Å². The third-order valence-corrected chi connectivity index (χ3v) is 2.00. The molecule has 0 saturated carbocycles. The summed E-state index contributed by atoms with van der Waals surface area (Å²) < 4.78 is 13.6. The zero-order valence-corrected chi connectivity index (χ0v) is 8.37. The van der Waals surface area contributed by atoms with Crippen LogP contribution in [0.25, 0.3) is 5.82 Å². The molecule has 2 heterocycles. The molecule has 0 radical (unpaired) electrons. The Hall–Kier alpha value is -2.57. The van der Waals surface area contributed by atoms with Gasteiger partial charge in [0.25, 0.3) is 5.56 Å². The van der Waals surface area contributed by atoms with Crippen molar-refractivity contribution in [1.82, 2.24) is 14.5 Å². The number of carbonyl (C=O) groups is 1. The van der Waals surface area contributed by atoms with E-state index in [2.05, 4.69) is 9.97 Å². The van der Waals surface area contributed by atoms with Gasteiger partial charge in [-0.15, -0.1) is 0 Å². The third kappa shape index (κ3) is 2.03. The van der Waals surface area contributed by atoms with Crippen LogP contribution in [-0.2, 0) is 0 Å². The fourth-order valence-electron chi connectivity index (χ4n) is 1.25. The summed E-state index contributed by atoms with van der Waals surface area (Å²) in [6.07, 6.45) is 3.35. The first kappa shape index (κ1) is 10.9. The summed E-state index contributed by atoms with van der Waals surface area (Å²) in [6.45, 7) is 0. The summed E-state index contributed by atoms with van der Waals surface area (Å²) in [5.74, 6) is -1.85. The van der Waals surface area contributed by atoms with Crippen molar-refractivity contribution in [2.75, 3.05) is 0 Å². The fourth-order valence-corrected chi connectivity index (χ4v) is 1.25. The number of aromatic nitrogens is 3. The highest BCUT2D eigenvalue weighted by Crippen LogP contribution is 2.02. The molecule has 86 valence electrons. The van der Waals surface area contributed by atoms with E-state index < -0.39 is 23.0 Å². The Bertz CT molecular complexity index is 621. The second-order valence-corrected chi connectivity index (χ2v) is 3.09. The number of nitrogens with zero attached hydrogens (tertiary/aromatic N) is 3. The lowest BCUT2D eigenvalue weighted by Crippen LogP contribution is -2.26. The SMILES string of the molecule is O=C(O)c1nccn(-c2ccc(F)cn2)c1=O. The molecule has 17 heavy (non-hydrogen) atoms. The molecule has 0 unspecified atom stereocenters. The normalized spacial score (nSPS) is 10.2. The molecule has 0 spiro atoms. The van der Waals surface area contributed by atoms with Gasteiger partial charge in [-0.2, -0.15) is 0 Å². The van der Waals surface area contributed by atoms with E-state index in [0.717, 1.165) is 23.0 Å². The maximum atomic E-state index is 12.7. The molecule has 0 aliphatic carbocycles. The molecule has 0 atom stereocenters. The van der Waals surface area contributed by atoms with Gasteiger partial charge in [0, 0.05) is 12.4 Å². The van der Waals surface area contributed by atoms with Gasteiger partial charge >= 0.3 is 5.97 Å². The number of halogens is 1. The average molecular weight is 235 g/mol. The molecule has 2 aromatic rings. The minimum atomic E-state index is -1.42. The first-order chi connectivity index (χ1) is 8.09. The minimum absolute atomic E-state index is 0.126. The smallest absolute Gasteiger partial charge is 0.360 e. The largest absolute Gasteiger partial charge is 0.476 e. The van der Waals surface area contributed by atoms with Crippen molar-refractivity contribution < 1.29 is 14.3 Å². The van der Waals surface area contributed by atoms with E-state index in [1.165, 1.54) is 12.3 Å². The molecule has 2 aromatic heterocycles. The topological polar surface area (TPSA) is 85.1 Å². The minimum Gasteiger partial charge on any atom is -0.476 e. The van der Waals surface area contributed by atoms with Crippen LogP contribution >= 0.6 is 0 Å². The molecule has 7 heteroatoms. The van der Waals surface area contributed by atoms with Gasteiger partial charge in [-0.1, -0.05) is 0 Å². The van der Waals surface area contributed by atoms with Crippen LogP contribution in [-0.4, -0.2) is 25.6 Å². The predicted molar refractivity (Wildman–Crippen MR) is 54.5 cm³/mol. The zero-order chi connectivity index (χ0) is 12.4. The average Bonchev–Trinajstić information content (AvgIpc) is 2.30. The van der Waals surface area contributed by atoms with E-state index in [0.29, 0.717) is 0 Å². The van der Waals surface area contributed by atoms with Crippen molar-refractivity contribution in [3.8, 4) is 5.82 Å². The maximum Gasteiger partial charge on any atom is 0.360 e. The van der Waals surface area contributed by atoms with Crippen molar-refractivity contribution in [2.45, 2.75) is 0 Å². The van der Waals surface area contributed by atoms with E-state index in [1.807, 2.05) is 0 Å².